The summed E-state index contributed by atoms with van der Waals surface area (Å²) in [6.07, 6.45) is 3.89. The van der Waals surface area contributed by atoms with Crippen LogP contribution in [0.4, 0.5) is 0 Å². The summed E-state index contributed by atoms with van der Waals surface area (Å²) in [6.45, 7) is 0. The van der Waals surface area contributed by atoms with E-state index in [0.29, 0.717) is 0 Å². The summed E-state index contributed by atoms with van der Waals surface area (Å²) in [5, 5.41) is 1.75. The van der Waals surface area contributed by atoms with Crippen LogP contribution in [-0.2, 0) is 0 Å². The van der Waals surface area contributed by atoms with Gasteiger partial charge in [-0.3, -0.25) is 4.79 Å². The van der Waals surface area contributed by atoms with Crippen molar-refractivity contribution >= 4 is 21.4 Å². The van der Waals surface area contributed by atoms with Crippen LogP contribution in [0.15, 0.2) is 59.7 Å². The Balaban J connectivity index is 2.34. The van der Waals surface area contributed by atoms with E-state index < -0.39 is 0 Å². The van der Waals surface area contributed by atoms with Crippen molar-refractivity contribution in [2.24, 2.45) is 0 Å². The Kier molecular flexibility index (Phi) is 2.11. The number of nitrogens with zero attached hydrogens (tertiary/aromatic N) is 1. The van der Waals surface area contributed by atoms with Crippen molar-refractivity contribution in [3.63, 3.8) is 0 Å². The van der Waals surface area contributed by atoms with Crippen LogP contribution in [0.2, 0.25) is 0 Å². The molecule has 0 unspecified atom stereocenters. The molecule has 0 spiro atoms. The molecule has 2 nitrogen and oxygen atoms in total. The molecule has 3 aromatic rings. The Morgan fingerprint density at radius 1 is 1.00 bits per heavy atom. The molecule has 0 aliphatic heterocycles. The van der Waals surface area contributed by atoms with Crippen molar-refractivity contribution in [3.8, 4) is 5.00 Å². The zero-order valence-corrected chi connectivity index (χ0v) is 9.28. The monoisotopic (exact) mass is 227 g/mol. The molecule has 2 aromatic heterocycles. The van der Waals surface area contributed by atoms with E-state index in [0.717, 1.165) is 15.1 Å². The van der Waals surface area contributed by atoms with Crippen LogP contribution in [0.25, 0.3) is 15.1 Å². The van der Waals surface area contributed by atoms with Crippen molar-refractivity contribution in [1.29, 1.82) is 0 Å². The predicted molar refractivity (Wildman–Crippen MR) is 67.4 cm³/mol. The van der Waals surface area contributed by atoms with Gasteiger partial charge in [0.2, 0.25) is 0 Å². The van der Waals surface area contributed by atoms with Crippen LogP contribution in [0, 0.1) is 0 Å². The Morgan fingerprint density at radius 3 is 2.56 bits per heavy atom. The molecular formula is C13H9NOS. The first kappa shape index (κ1) is 9.36. The molecule has 0 bridgehead atoms. The lowest BCUT2D eigenvalue weighted by Crippen LogP contribution is -2.01. The maximum Gasteiger partial charge on any atom is 0.190 e. The predicted octanol–water partition coefficient (Wildman–Crippen LogP) is 3.05. The molecule has 0 atom stereocenters. The van der Waals surface area contributed by atoms with Gasteiger partial charge in [-0.1, -0.05) is 12.1 Å². The minimum absolute atomic E-state index is 0.0815. The summed E-state index contributed by atoms with van der Waals surface area (Å²) in [7, 11) is 0. The molecule has 16 heavy (non-hydrogen) atoms. The first-order valence-electron chi connectivity index (χ1n) is 5.01. The van der Waals surface area contributed by atoms with E-state index in [-0.39, 0.29) is 5.43 Å². The molecule has 0 radical (unpaired) electrons. The van der Waals surface area contributed by atoms with Gasteiger partial charge in [-0.15, -0.1) is 11.3 Å². The number of aromatic nitrogens is 1. The van der Waals surface area contributed by atoms with E-state index in [1.165, 1.54) is 0 Å². The Labute approximate surface area is 96.4 Å². The Hall–Kier alpha value is -1.87. The van der Waals surface area contributed by atoms with Gasteiger partial charge in [-0.25, -0.2) is 0 Å². The molecule has 2 heterocycles. The molecule has 0 saturated heterocycles. The van der Waals surface area contributed by atoms with Crippen LogP contribution in [0.1, 0.15) is 0 Å². The highest BCUT2D eigenvalue weighted by molar-refractivity contribution is 7.20. The van der Waals surface area contributed by atoms with E-state index >= 15 is 0 Å². The highest BCUT2D eigenvalue weighted by Crippen LogP contribution is 2.21. The summed E-state index contributed by atoms with van der Waals surface area (Å²) in [6, 6.07) is 13.3. The third-order valence-electron chi connectivity index (χ3n) is 2.48. The van der Waals surface area contributed by atoms with Gasteiger partial charge in [0.25, 0.3) is 0 Å². The molecule has 0 aliphatic carbocycles. The fourth-order valence-corrected chi connectivity index (χ4v) is 2.74. The van der Waals surface area contributed by atoms with Gasteiger partial charge < -0.3 is 4.57 Å². The summed E-state index contributed by atoms with van der Waals surface area (Å²) in [5.74, 6) is 0. The van der Waals surface area contributed by atoms with Crippen molar-refractivity contribution in [2.45, 2.75) is 0 Å². The number of hydrogen-bond acceptors (Lipinski definition) is 2. The van der Waals surface area contributed by atoms with Gasteiger partial charge >= 0.3 is 0 Å². The van der Waals surface area contributed by atoms with Gasteiger partial charge in [-0.2, -0.15) is 0 Å². The fourth-order valence-electron chi connectivity index (χ4n) is 1.70. The molecule has 0 aliphatic rings. The van der Waals surface area contributed by atoms with Crippen LogP contribution in [-0.4, -0.2) is 4.57 Å². The minimum atomic E-state index is 0.0815. The molecule has 0 fully saturated rings. The van der Waals surface area contributed by atoms with Gasteiger partial charge in [0.05, 0.1) is 0 Å². The second kappa shape index (κ2) is 3.61. The second-order valence-corrected chi connectivity index (χ2v) is 4.60. The molecule has 1 aromatic carbocycles. The van der Waals surface area contributed by atoms with E-state index in [4.69, 9.17) is 0 Å². The highest BCUT2D eigenvalue weighted by atomic mass is 32.1. The third kappa shape index (κ3) is 1.46. The van der Waals surface area contributed by atoms with Gasteiger partial charge in [0, 0.05) is 28.5 Å². The molecule has 0 N–H and O–H groups in total. The van der Waals surface area contributed by atoms with Crippen LogP contribution < -0.4 is 5.43 Å². The molecule has 0 saturated carbocycles. The van der Waals surface area contributed by atoms with Crippen molar-refractivity contribution in [2.75, 3.05) is 0 Å². The van der Waals surface area contributed by atoms with Crippen molar-refractivity contribution in [1.82, 2.24) is 4.57 Å². The van der Waals surface area contributed by atoms with E-state index in [2.05, 4.69) is 0 Å². The van der Waals surface area contributed by atoms with Crippen molar-refractivity contribution in [3.05, 3.63) is 65.1 Å². The lowest BCUT2D eigenvalue weighted by molar-refractivity contribution is 1.11. The number of rotatable bonds is 1. The van der Waals surface area contributed by atoms with Gasteiger partial charge in [0.1, 0.15) is 5.00 Å². The average Bonchev–Trinajstić information content (AvgIpc) is 2.82. The summed E-state index contributed by atoms with van der Waals surface area (Å²) < 4.78 is 2.98. The van der Waals surface area contributed by atoms with Crippen LogP contribution in [0.3, 0.4) is 0 Å². The van der Waals surface area contributed by atoms with E-state index in [9.17, 15) is 4.79 Å². The molecular weight excluding hydrogens is 218 g/mol. The van der Waals surface area contributed by atoms with Gasteiger partial charge in [0.15, 0.2) is 5.43 Å². The molecule has 3 rings (SSSR count). The lowest BCUT2D eigenvalue weighted by Gasteiger charge is -2.02. The quantitative estimate of drug-likeness (QED) is 0.626. The van der Waals surface area contributed by atoms with E-state index in [1.807, 2.05) is 53.4 Å². The highest BCUT2D eigenvalue weighted by Gasteiger charge is 2.02. The molecule has 0 amide bonds. The Morgan fingerprint density at radius 2 is 1.75 bits per heavy atom. The number of fused-ring (bicyclic) bond motifs is 1. The average molecular weight is 227 g/mol. The zero-order valence-electron chi connectivity index (χ0n) is 8.46. The fraction of sp³-hybridized carbons (Fsp3) is 0. The summed E-state index contributed by atoms with van der Waals surface area (Å²) >= 11 is 1.62. The second-order valence-electron chi connectivity index (χ2n) is 3.54. The first-order valence-corrected chi connectivity index (χ1v) is 5.82. The largest absolute Gasteiger partial charge is 0.315 e. The van der Waals surface area contributed by atoms with Crippen molar-refractivity contribution < 1.29 is 0 Å². The maximum atomic E-state index is 11.9. The SMILES string of the molecule is O=c1cc(-n2cccc2)sc2ccccc12. The molecule has 78 valence electrons. The summed E-state index contributed by atoms with van der Waals surface area (Å²) in [4.78, 5) is 11.9. The number of benzene rings is 1. The maximum absolute atomic E-state index is 11.9. The third-order valence-corrected chi connectivity index (χ3v) is 3.59. The zero-order chi connectivity index (χ0) is 11.0. The van der Waals surface area contributed by atoms with Crippen LogP contribution in [0.5, 0.6) is 0 Å². The summed E-state index contributed by atoms with van der Waals surface area (Å²) in [5.41, 5.74) is 0.0815. The minimum Gasteiger partial charge on any atom is -0.315 e. The first-order chi connectivity index (χ1) is 7.84. The lowest BCUT2D eigenvalue weighted by atomic mass is 10.2. The number of hydrogen-bond donors (Lipinski definition) is 0. The smallest absolute Gasteiger partial charge is 0.190 e. The standard InChI is InChI=1S/C13H9NOS/c15-11-9-13(14-7-3-4-8-14)16-12-6-2-1-5-10(11)12/h1-9H. The van der Waals surface area contributed by atoms with E-state index in [1.54, 1.807) is 17.4 Å². The van der Waals surface area contributed by atoms with Crippen LogP contribution >= 0.6 is 11.3 Å². The van der Waals surface area contributed by atoms with Gasteiger partial charge in [-0.05, 0) is 24.3 Å². The normalized spacial score (nSPS) is 10.8. The molecule has 3 heteroatoms. The Bertz CT molecular complexity index is 682. The topological polar surface area (TPSA) is 22.0 Å².